The number of carbonyl (C=O) groups is 1. The molecule has 3 aromatic rings. The predicted octanol–water partition coefficient (Wildman–Crippen LogP) is 6.33. The number of benzene rings is 1. The van der Waals surface area contributed by atoms with Crippen LogP contribution in [-0.4, -0.2) is 16.1 Å². The lowest BCUT2D eigenvalue weighted by atomic mass is 9.99. The van der Waals surface area contributed by atoms with Gasteiger partial charge in [-0.3, -0.25) is 10.1 Å². The summed E-state index contributed by atoms with van der Waals surface area (Å²) in [6.45, 7) is 0. The van der Waals surface area contributed by atoms with Gasteiger partial charge < -0.3 is 0 Å². The first-order valence-corrected chi connectivity index (χ1v) is 11.8. The molecule has 0 spiro atoms. The Labute approximate surface area is 179 Å². The molecule has 4 nitrogen and oxygen atoms in total. The molecule has 0 saturated heterocycles. The number of carbonyl (C=O) groups excluding carboxylic acids is 1. The third kappa shape index (κ3) is 4.49. The van der Waals surface area contributed by atoms with Crippen LogP contribution in [0.25, 0.3) is 0 Å². The Kier molecular flexibility index (Phi) is 6.04. The lowest BCUT2D eigenvalue weighted by Crippen LogP contribution is -2.09. The van der Waals surface area contributed by atoms with Gasteiger partial charge in [-0.1, -0.05) is 52.4 Å². The molecule has 4 rings (SSSR count). The summed E-state index contributed by atoms with van der Waals surface area (Å²) in [7, 11) is 0. The Hall–Kier alpha value is -1.12. The Morgan fingerprint density at radius 3 is 2.70 bits per heavy atom. The molecular formula is C18H15Cl2N3OS3. The number of aryl methyl sites for hydroxylation is 2. The third-order valence-electron chi connectivity index (χ3n) is 4.25. The zero-order valence-electron chi connectivity index (χ0n) is 14.1. The fraction of sp³-hybridized carbons (Fsp3) is 0.278. The maximum absolute atomic E-state index is 12.5. The number of nitrogens with zero attached hydrogens (tertiary/aromatic N) is 2. The van der Waals surface area contributed by atoms with E-state index in [1.807, 2.05) is 24.3 Å². The molecule has 2 aromatic heterocycles. The zero-order chi connectivity index (χ0) is 18.8. The van der Waals surface area contributed by atoms with Gasteiger partial charge in [-0.05, 0) is 55.0 Å². The molecule has 0 fully saturated rings. The molecule has 2 heterocycles. The van der Waals surface area contributed by atoms with Gasteiger partial charge in [0.2, 0.25) is 5.13 Å². The van der Waals surface area contributed by atoms with Gasteiger partial charge in [0, 0.05) is 20.7 Å². The smallest absolute Gasteiger partial charge is 0.267 e. The van der Waals surface area contributed by atoms with E-state index in [0.29, 0.717) is 20.9 Å². The zero-order valence-corrected chi connectivity index (χ0v) is 18.1. The molecule has 1 aliphatic carbocycles. The summed E-state index contributed by atoms with van der Waals surface area (Å²) in [6, 6.07) is 7.47. The minimum absolute atomic E-state index is 0.115. The highest BCUT2D eigenvalue weighted by Crippen LogP contribution is 2.34. The molecule has 1 aromatic carbocycles. The summed E-state index contributed by atoms with van der Waals surface area (Å²) < 4.78 is 0.756. The number of rotatable bonds is 5. The van der Waals surface area contributed by atoms with Crippen LogP contribution < -0.4 is 5.32 Å². The van der Waals surface area contributed by atoms with E-state index in [1.54, 1.807) is 11.3 Å². The summed E-state index contributed by atoms with van der Waals surface area (Å²) in [5.41, 5.74) is 2.19. The standard InChI is InChI=1S/C18H15Cl2N3OS3/c19-12-5-3-6-13(20)11(12)9-25-18-23-22-17(27-18)21-16(24)15-8-10-4-1-2-7-14(10)26-15/h3,5-6,8H,1-2,4,7,9H2,(H,21,22,24). The Balaban J connectivity index is 1.39. The fourth-order valence-corrected chi connectivity index (χ4v) is 6.52. The lowest BCUT2D eigenvalue weighted by Gasteiger charge is -2.08. The third-order valence-corrected chi connectivity index (χ3v) is 8.19. The van der Waals surface area contributed by atoms with Crippen LogP contribution in [0.15, 0.2) is 28.6 Å². The van der Waals surface area contributed by atoms with Gasteiger partial charge in [0.1, 0.15) is 0 Å². The van der Waals surface area contributed by atoms with Crippen LogP contribution in [0.3, 0.4) is 0 Å². The van der Waals surface area contributed by atoms with Crippen LogP contribution >= 0.6 is 57.6 Å². The topological polar surface area (TPSA) is 54.9 Å². The molecule has 0 aliphatic heterocycles. The number of thiophene rings is 1. The van der Waals surface area contributed by atoms with Gasteiger partial charge >= 0.3 is 0 Å². The average molecular weight is 456 g/mol. The highest BCUT2D eigenvalue weighted by molar-refractivity contribution is 8.00. The molecular weight excluding hydrogens is 441 g/mol. The number of anilines is 1. The van der Waals surface area contributed by atoms with E-state index < -0.39 is 0 Å². The number of fused-ring (bicyclic) bond motifs is 1. The second kappa shape index (κ2) is 8.49. The van der Waals surface area contributed by atoms with Crippen molar-refractivity contribution < 1.29 is 4.79 Å². The molecule has 27 heavy (non-hydrogen) atoms. The van der Waals surface area contributed by atoms with Gasteiger partial charge in [-0.2, -0.15) is 0 Å². The van der Waals surface area contributed by atoms with Crippen molar-refractivity contribution in [2.75, 3.05) is 5.32 Å². The average Bonchev–Trinajstić information content (AvgIpc) is 3.28. The molecule has 1 amide bonds. The van der Waals surface area contributed by atoms with Gasteiger partial charge in [0.15, 0.2) is 4.34 Å². The van der Waals surface area contributed by atoms with E-state index in [0.717, 1.165) is 27.6 Å². The van der Waals surface area contributed by atoms with Crippen molar-refractivity contribution in [3.8, 4) is 0 Å². The lowest BCUT2D eigenvalue weighted by molar-refractivity contribution is 0.103. The first kappa shape index (κ1) is 19.2. The SMILES string of the molecule is O=C(Nc1nnc(SCc2c(Cl)cccc2Cl)s1)c1cc2c(s1)CCCC2. The van der Waals surface area contributed by atoms with E-state index in [-0.39, 0.29) is 5.91 Å². The van der Waals surface area contributed by atoms with Crippen molar-refractivity contribution in [2.24, 2.45) is 0 Å². The second-order valence-electron chi connectivity index (χ2n) is 6.08. The van der Waals surface area contributed by atoms with Crippen molar-refractivity contribution in [1.29, 1.82) is 0 Å². The molecule has 140 valence electrons. The maximum Gasteiger partial charge on any atom is 0.267 e. The molecule has 1 aliphatic rings. The first-order valence-electron chi connectivity index (χ1n) is 8.42. The summed E-state index contributed by atoms with van der Waals surface area (Å²) in [5, 5.41) is 12.8. The van der Waals surface area contributed by atoms with E-state index in [2.05, 4.69) is 15.5 Å². The molecule has 0 unspecified atom stereocenters. The Morgan fingerprint density at radius 2 is 1.93 bits per heavy atom. The number of halogens is 2. The molecule has 0 atom stereocenters. The van der Waals surface area contributed by atoms with Gasteiger partial charge in [0.25, 0.3) is 5.91 Å². The van der Waals surface area contributed by atoms with E-state index in [4.69, 9.17) is 23.2 Å². The molecule has 0 saturated carbocycles. The number of aromatic nitrogens is 2. The van der Waals surface area contributed by atoms with Crippen molar-refractivity contribution in [3.05, 3.63) is 55.2 Å². The van der Waals surface area contributed by atoms with Crippen molar-refractivity contribution in [3.63, 3.8) is 0 Å². The van der Waals surface area contributed by atoms with Gasteiger partial charge in [-0.25, -0.2) is 0 Å². The summed E-state index contributed by atoms with van der Waals surface area (Å²) in [5.74, 6) is 0.481. The highest BCUT2D eigenvalue weighted by Gasteiger charge is 2.18. The Bertz CT molecular complexity index is 942. The molecule has 0 radical (unpaired) electrons. The van der Waals surface area contributed by atoms with Crippen LogP contribution in [0.5, 0.6) is 0 Å². The Morgan fingerprint density at radius 1 is 1.15 bits per heavy atom. The van der Waals surface area contributed by atoms with Crippen molar-refractivity contribution >= 4 is 68.7 Å². The molecule has 1 N–H and O–H groups in total. The van der Waals surface area contributed by atoms with Gasteiger partial charge in [-0.15, -0.1) is 21.5 Å². The summed E-state index contributed by atoms with van der Waals surface area (Å²) >= 11 is 16.8. The van der Waals surface area contributed by atoms with Crippen LogP contribution in [-0.2, 0) is 18.6 Å². The molecule has 0 bridgehead atoms. The van der Waals surface area contributed by atoms with Crippen LogP contribution in [0.2, 0.25) is 10.0 Å². The van der Waals surface area contributed by atoms with Crippen molar-refractivity contribution in [2.45, 2.75) is 35.8 Å². The normalized spacial score (nSPS) is 13.4. The number of nitrogens with one attached hydrogen (secondary N) is 1. The van der Waals surface area contributed by atoms with E-state index >= 15 is 0 Å². The van der Waals surface area contributed by atoms with E-state index in [9.17, 15) is 4.79 Å². The minimum atomic E-state index is -0.115. The van der Waals surface area contributed by atoms with E-state index in [1.165, 1.54) is 46.4 Å². The van der Waals surface area contributed by atoms with Crippen LogP contribution in [0.4, 0.5) is 5.13 Å². The second-order valence-corrected chi connectivity index (χ2v) is 10.2. The summed E-state index contributed by atoms with van der Waals surface area (Å²) in [4.78, 5) is 14.6. The van der Waals surface area contributed by atoms with Crippen LogP contribution in [0.1, 0.15) is 38.5 Å². The monoisotopic (exact) mass is 455 g/mol. The highest BCUT2D eigenvalue weighted by atomic mass is 35.5. The van der Waals surface area contributed by atoms with Crippen molar-refractivity contribution in [1.82, 2.24) is 10.2 Å². The number of hydrogen-bond acceptors (Lipinski definition) is 6. The largest absolute Gasteiger partial charge is 0.296 e. The maximum atomic E-state index is 12.5. The molecule has 9 heteroatoms. The minimum Gasteiger partial charge on any atom is -0.296 e. The number of thioether (sulfide) groups is 1. The van der Waals surface area contributed by atoms with Gasteiger partial charge in [0.05, 0.1) is 4.88 Å². The number of hydrogen-bond donors (Lipinski definition) is 1. The first-order chi connectivity index (χ1) is 13.1. The summed E-state index contributed by atoms with van der Waals surface area (Å²) in [6.07, 6.45) is 4.57. The fourth-order valence-electron chi connectivity index (χ4n) is 2.88. The predicted molar refractivity (Wildman–Crippen MR) is 115 cm³/mol. The number of amides is 1. The quantitative estimate of drug-likeness (QED) is 0.360. The van der Waals surface area contributed by atoms with Crippen LogP contribution in [0, 0.1) is 0 Å².